The van der Waals surface area contributed by atoms with Crippen LogP contribution in [-0.2, 0) is 6.42 Å². The van der Waals surface area contributed by atoms with Gasteiger partial charge in [-0.2, -0.15) is 0 Å². The Hall–Kier alpha value is -1.80. The zero-order chi connectivity index (χ0) is 12.3. The van der Waals surface area contributed by atoms with Gasteiger partial charge in [-0.15, -0.1) is 0 Å². The lowest BCUT2D eigenvalue weighted by Gasteiger charge is -2.13. The average Bonchev–Trinajstić information content (AvgIpc) is 2.33. The Morgan fingerprint density at radius 1 is 1.06 bits per heavy atom. The number of aliphatic hydroxyl groups excluding tert-OH is 1. The monoisotopic (exact) mass is 228 g/mol. The summed E-state index contributed by atoms with van der Waals surface area (Å²) in [5, 5.41) is 19.8. The SMILES string of the molecule is Cc1ccc(O)c([C@@H](O)Cc2ccccc2)c1. The Morgan fingerprint density at radius 2 is 1.76 bits per heavy atom. The third-order valence-electron chi connectivity index (χ3n) is 2.81. The van der Waals surface area contributed by atoms with Crippen molar-refractivity contribution in [2.24, 2.45) is 0 Å². The molecule has 0 heterocycles. The summed E-state index contributed by atoms with van der Waals surface area (Å²) >= 11 is 0. The van der Waals surface area contributed by atoms with Crippen molar-refractivity contribution in [1.82, 2.24) is 0 Å². The minimum Gasteiger partial charge on any atom is -0.508 e. The number of aryl methyl sites for hydroxylation is 1. The van der Waals surface area contributed by atoms with Crippen molar-refractivity contribution in [3.05, 3.63) is 65.2 Å². The first kappa shape index (κ1) is 11.7. The van der Waals surface area contributed by atoms with Crippen molar-refractivity contribution in [1.29, 1.82) is 0 Å². The van der Waals surface area contributed by atoms with Gasteiger partial charge >= 0.3 is 0 Å². The molecule has 2 aromatic rings. The van der Waals surface area contributed by atoms with E-state index in [2.05, 4.69) is 0 Å². The first-order valence-corrected chi connectivity index (χ1v) is 5.68. The molecule has 0 aromatic heterocycles. The van der Waals surface area contributed by atoms with Crippen molar-refractivity contribution in [3.8, 4) is 5.75 Å². The van der Waals surface area contributed by atoms with E-state index in [1.165, 1.54) is 0 Å². The van der Waals surface area contributed by atoms with Gasteiger partial charge in [0.2, 0.25) is 0 Å². The molecule has 0 amide bonds. The summed E-state index contributed by atoms with van der Waals surface area (Å²) < 4.78 is 0. The van der Waals surface area contributed by atoms with Crippen LogP contribution in [0.1, 0.15) is 22.8 Å². The maximum Gasteiger partial charge on any atom is 0.121 e. The van der Waals surface area contributed by atoms with Gasteiger partial charge in [-0.05, 0) is 24.6 Å². The molecule has 2 N–H and O–H groups in total. The maximum absolute atomic E-state index is 10.1. The number of aromatic hydroxyl groups is 1. The van der Waals surface area contributed by atoms with Gasteiger partial charge in [0.05, 0.1) is 6.10 Å². The summed E-state index contributed by atoms with van der Waals surface area (Å²) in [6.07, 6.45) is -0.157. The van der Waals surface area contributed by atoms with Gasteiger partial charge in [-0.3, -0.25) is 0 Å². The molecule has 17 heavy (non-hydrogen) atoms. The predicted octanol–water partition coefficient (Wildman–Crippen LogP) is 2.98. The Labute approximate surface area is 101 Å². The van der Waals surface area contributed by atoms with E-state index in [4.69, 9.17) is 0 Å². The van der Waals surface area contributed by atoms with Crippen LogP contribution in [0, 0.1) is 6.92 Å². The molecule has 0 aliphatic carbocycles. The fourth-order valence-electron chi connectivity index (χ4n) is 1.89. The highest BCUT2D eigenvalue weighted by Gasteiger charge is 2.12. The molecule has 0 radical (unpaired) electrons. The van der Waals surface area contributed by atoms with E-state index in [1.54, 1.807) is 6.07 Å². The van der Waals surface area contributed by atoms with E-state index < -0.39 is 6.10 Å². The molecule has 0 fully saturated rings. The van der Waals surface area contributed by atoms with Crippen LogP contribution in [0.5, 0.6) is 5.75 Å². The van der Waals surface area contributed by atoms with Crippen molar-refractivity contribution in [3.63, 3.8) is 0 Å². The van der Waals surface area contributed by atoms with Gasteiger partial charge in [0.25, 0.3) is 0 Å². The van der Waals surface area contributed by atoms with Gasteiger partial charge in [0.1, 0.15) is 5.75 Å². The number of rotatable bonds is 3. The molecule has 0 aliphatic rings. The maximum atomic E-state index is 10.1. The van der Waals surface area contributed by atoms with E-state index in [-0.39, 0.29) is 5.75 Å². The van der Waals surface area contributed by atoms with Crippen LogP contribution >= 0.6 is 0 Å². The van der Waals surface area contributed by atoms with Crippen molar-refractivity contribution in [2.75, 3.05) is 0 Å². The van der Waals surface area contributed by atoms with Gasteiger partial charge in [-0.1, -0.05) is 42.0 Å². The summed E-state index contributed by atoms with van der Waals surface area (Å²) in [4.78, 5) is 0. The van der Waals surface area contributed by atoms with E-state index in [9.17, 15) is 10.2 Å². The summed E-state index contributed by atoms with van der Waals surface area (Å²) in [7, 11) is 0. The molecule has 2 rings (SSSR count). The van der Waals surface area contributed by atoms with E-state index in [0.717, 1.165) is 11.1 Å². The molecule has 2 heteroatoms. The van der Waals surface area contributed by atoms with Gasteiger partial charge in [-0.25, -0.2) is 0 Å². The second-order valence-corrected chi connectivity index (χ2v) is 4.27. The van der Waals surface area contributed by atoms with E-state index >= 15 is 0 Å². The molecule has 0 spiro atoms. The topological polar surface area (TPSA) is 40.5 Å². The van der Waals surface area contributed by atoms with E-state index in [0.29, 0.717) is 12.0 Å². The molecular weight excluding hydrogens is 212 g/mol. The lowest BCUT2D eigenvalue weighted by Crippen LogP contribution is -2.02. The second kappa shape index (κ2) is 5.02. The predicted molar refractivity (Wildman–Crippen MR) is 67.9 cm³/mol. The van der Waals surface area contributed by atoms with Crippen molar-refractivity contribution in [2.45, 2.75) is 19.4 Å². The van der Waals surface area contributed by atoms with Gasteiger partial charge in [0, 0.05) is 12.0 Å². The van der Waals surface area contributed by atoms with Crippen LogP contribution in [-0.4, -0.2) is 10.2 Å². The molecule has 1 atom stereocenters. The largest absolute Gasteiger partial charge is 0.508 e. The summed E-state index contributed by atoms with van der Waals surface area (Å²) in [5.41, 5.74) is 2.68. The van der Waals surface area contributed by atoms with Crippen LogP contribution in [0.3, 0.4) is 0 Å². The molecule has 88 valence electrons. The molecule has 0 saturated heterocycles. The molecule has 2 nitrogen and oxygen atoms in total. The number of aliphatic hydroxyl groups is 1. The third-order valence-corrected chi connectivity index (χ3v) is 2.81. The number of phenols is 1. The number of benzene rings is 2. The highest BCUT2D eigenvalue weighted by atomic mass is 16.3. The Morgan fingerprint density at radius 3 is 2.47 bits per heavy atom. The fourth-order valence-corrected chi connectivity index (χ4v) is 1.89. The average molecular weight is 228 g/mol. The fraction of sp³-hybridized carbons (Fsp3) is 0.200. The van der Waals surface area contributed by atoms with Gasteiger partial charge < -0.3 is 10.2 Å². The molecule has 0 aliphatic heterocycles. The molecular formula is C15H16O2. The number of phenolic OH excluding ortho intramolecular Hbond substituents is 1. The third kappa shape index (κ3) is 2.86. The highest BCUT2D eigenvalue weighted by molar-refractivity contribution is 5.38. The normalized spacial score (nSPS) is 12.4. The van der Waals surface area contributed by atoms with Crippen LogP contribution in [0.4, 0.5) is 0 Å². The highest BCUT2D eigenvalue weighted by Crippen LogP contribution is 2.27. The van der Waals surface area contributed by atoms with Gasteiger partial charge in [0.15, 0.2) is 0 Å². The number of hydrogen-bond donors (Lipinski definition) is 2. The van der Waals surface area contributed by atoms with Crippen molar-refractivity contribution >= 4 is 0 Å². The Balaban J connectivity index is 2.20. The van der Waals surface area contributed by atoms with Crippen molar-refractivity contribution < 1.29 is 10.2 Å². The molecule has 0 bridgehead atoms. The molecule has 0 unspecified atom stereocenters. The summed E-state index contributed by atoms with van der Waals surface area (Å²) in [6.45, 7) is 1.94. The first-order chi connectivity index (χ1) is 8.16. The first-order valence-electron chi connectivity index (χ1n) is 5.68. The van der Waals surface area contributed by atoms with Crippen LogP contribution in [0.25, 0.3) is 0 Å². The summed E-state index contributed by atoms with van der Waals surface area (Å²) in [5.74, 6) is 0.152. The van der Waals surface area contributed by atoms with E-state index in [1.807, 2.05) is 49.4 Å². The van der Waals surface area contributed by atoms with Crippen LogP contribution in [0.2, 0.25) is 0 Å². The Bertz CT molecular complexity index is 492. The smallest absolute Gasteiger partial charge is 0.121 e. The number of hydrogen-bond acceptors (Lipinski definition) is 2. The lowest BCUT2D eigenvalue weighted by molar-refractivity contribution is 0.174. The molecule has 2 aromatic carbocycles. The second-order valence-electron chi connectivity index (χ2n) is 4.27. The summed E-state index contributed by atoms with van der Waals surface area (Å²) in [6, 6.07) is 15.0. The molecule has 0 saturated carbocycles. The minimum atomic E-state index is -0.669. The van der Waals surface area contributed by atoms with Crippen LogP contribution in [0.15, 0.2) is 48.5 Å². The minimum absolute atomic E-state index is 0.152. The lowest BCUT2D eigenvalue weighted by atomic mass is 9.99. The zero-order valence-electron chi connectivity index (χ0n) is 9.80. The zero-order valence-corrected chi connectivity index (χ0v) is 9.80. The quantitative estimate of drug-likeness (QED) is 0.847. The van der Waals surface area contributed by atoms with Crippen LogP contribution < -0.4 is 0 Å². The standard InChI is InChI=1S/C15H16O2/c1-11-7-8-14(16)13(9-11)15(17)10-12-5-3-2-4-6-12/h2-9,15-17H,10H2,1H3/t15-/m0/s1. The Kier molecular flexibility index (Phi) is 3.45.